The van der Waals surface area contributed by atoms with E-state index in [0.29, 0.717) is 28.6 Å². The highest BCUT2D eigenvalue weighted by molar-refractivity contribution is 6.06. The van der Waals surface area contributed by atoms with Crippen LogP contribution in [0.1, 0.15) is 10.4 Å². The molecule has 0 aliphatic rings. The molecule has 2 N–H and O–H groups in total. The van der Waals surface area contributed by atoms with Crippen LogP contribution in [-0.2, 0) is 0 Å². The van der Waals surface area contributed by atoms with Gasteiger partial charge in [-0.1, -0.05) is 12.1 Å². The lowest BCUT2D eigenvalue weighted by atomic mass is 10.2. The molecule has 0 unspecified atom stereocenters. The molecule has 0 aliphatic carbocycles. The number of amides is 1. The van der Waals surface area contributed by atoms with Gasteiger partial charge in [-0.05, 0) is 42.5 Å². The highest BCUT2D eigenvalue weighted by Crippen LogP contribution is 2.21. The third kappa shape index (κ3) is 4.22. The number of methoxy groups -OCH3 is 1. The molecular formula is C21H18N6O2. The second-order valence-corrected chi connectivity index (χ2v) is 6.07. The molecule has 0 saturated heterocycles. The molecule has 0 saturated carbocycles. The molecule has 1 amide bonds. The number of nitrogens with zero attached hydrogens (tertiary/aromatic N) is 4. The molecule has 0 radical (unpaired) electrons. The van der Waals surface area contributed by atoms with Gasteiger partial charge in [0.25, 0.3) is 5.91 Å². The Balaban J connectivity index is 1.45. The number of nitrogens with one attached hydrogen (secondary N) is 2. The van der Waals surface area contributed by atoms with Crippen molar-refractivity contribution in [1.82, 2.24) is 19.7 Å². The van der Waals surface area contributed by atoms with Crippen LogP contribution in [0, 0.1) is 0 Å². The molecule has 4 rings (SSSR count). The van der Waals surface area contributed by atoms with Crippen molar-refractivity contribution in [2.45, 2.75) is 0 Å². The van der Waals surface area contributed by atoms with Gasteiger partial charge in [-0.3, -0.25) is 4.79 Å². The van der Waals surface area contributed by atoms with Gasteiger partial charge in [0.2, 0.25) is 0 Å². The number of carbonyl (C=O) groups excluding carboxylic acids is 1. The van der Waals surface area contributed by atoms with Crippen LogP contribution in [0.4, 0.5) is 17.2 Å². The van der Waals surface area contributed by atoms with Crippen molar-refractivity contribution in [3.05, 3.63) is 84.9 Å². The van der Waals surface area contributed by atoms with Crippen molar-refractivity contribution in [3.8, 4) is 11.6 Å². The molecule has 0 bridgehead atoms. The SMILES string of the molecule is COc1ccccc1C(=O)Nc1ccc(Nc2cc(-n3cccn3)ncn2)cc1. The Morgan fingerprint density at radius 2 is 1.79 bits per heavy atom. The Bertz CT molecular complexity index is 1110. The molecule has 0 aliphatic heterocycles. The van der Waals surface area contributed by atoms with Crippen LogP contribution in [0.5, 0.6) is 5.75 Å². The van der Waals surface area contributed by atoms with Crippen LogP contribution in [0.2, 0.25) is 0 Å². The summed E-state index contributed by atoms with van der Waals surface area (Å²) in [5, 5.41) is 10.2. The van der Waals surface area contributed by atoms with Crippen molar-refractivity contribution in [3.63, 3.8) is 0 Å². The molecule has 144 valence electrons. The molecule has 2 aromatic heterocycles. The fourth-order valence-electron chi connectivity index (χ4n) is 2.76. The highest BCUT2D eigenvalue weighted by Gasteiger charge is 2.11. The first kappa shape index (κ1) is 18.2. The maximum absolute atomic E-state index is 12.5. The average molecular weight is 386 g/mol. The molecule has 2 aromatic carbocycles. The summed E-state index contributed by atoms with van der Waals surface area (Å²) in [4.78, 5) is 20.9. The number of carbonyl (C=O) groups is 1. The number of para-hydroxylation sites is 1. The van der Waals surface area contributed by atoms with E-state index in [1.807, 2.05) is 42.6 Å². The quantitative estimate of drug-likeness (QED) is 0.525. The molecule has 8 heteroatoms. The molecule has 0 spiro atoms. The van der Waals surface area contributed by atoms with Crippen molar-refractivity contribution < 1.29 is 9.53 Å². The van der Waals surface area contributed by atoms with Gasteiger partial charge in [-0.2, -0.15) is 5.10 Å². The molecule has 2 heterocycles. The lowest BCUT2D eigenvalue weighted by Crippen LogP contribution is -2.13. The van der Waals surface area contributed by atoms with E-state index in [1.54, 1.807) is 35.1 Å². The second-order valence-electron chi connectivity index (χ2n) is 6.07. The summed E-state index contributed by atoms with van der Waals surface area (Å²) >= 11 is 0. The number of anilines is 3. The van der Waals surface area contributed by atoms with Gasteiger partial charge in [0.05, 0.1) is 12.7 Å². The number of aromatic nitrogens is 4. The van der Waals surface area contributed by atoms with Gasteiger partial charge in [0, 0.05) is 29.8 Å². The zero-order valence-corrected chi connectivity index (χ0v) is 15.6. The van der Waals surface area contributed by atoms with E-state index < -0.39 is 0 Å². The minimum Gasteiger partial charge on any atom is -0.496 e. The van der Waals surface area contributed by atoms with Crippen LogP contribution in [0.15, 0.2) is 79.4 Å². The Hall–Kier alpha value is -4.20. The third-order valence-electron chi connectivity index (χ3n) is 4.16. The van der Waals surface area contributed by atoms with Gasteiger partial charge < -0.3 is 15.4 Å². The lowest BCUT2D eigenvalue weighted by Gasteiger charge is -2.10. The van der Waals surface area contributed by atoms with Crippen molar-refractivity contribution >= 4 is 23.1 Å². The van der Waals surface area contributed by atoms with Crippen molar-refractivity contribution in [2.75, 3.05) is 17.7 Å². The van der Waals surface area contributed by atoms with E-state index in [4.69, 9.17) is 4.74 Å². The Labute approximate surface area is 167 Å². The fourth-order valence-corrected chi connectivity index (χ4v) is 2.76. The van der Waals surface area contributed by atoms with Gasteiger partial charge >= 0.3 is 0 Å². The van der Waals surface area contributed by atoms with Gasteiger partial charge in [0.1, 0.15) is 17.9 Å². The molecule has 8 nitrogen and oxygen atoms in total. The largest absolute Gasteiger partial charge is 0.496 e. The average Bonchev–Trinajstić information content (AvgIpc) is 3.30. The number of benzene rings is 2. The molecule has 0 fully saturated rings. The minimum absolute atomic E-state index is 0.233. The first-order chi connectivity index (χ1) is 14.2. The number of hydrogen-bond acceptors (Lipinski definition) is 6. The number of hydrogen-bond donors (Lipinski definition) is 2. The van der Waals surface area contributed by atoms with E-state index in [-0.39, 0.29) is 5.91 Å². The summed E-state index contributed by atoms with van der Waals surface area (Å²) in [5.74, 6) is 1.59. The Morgan fingerprint density at radius 1 is 1.00 bits per heavy atom. The summed E-state index contributed by atoms with van der Waals surface area (Å²) in [5.41, 5.74) is 1.97. The second kappa shape index (κ2) is 8.22. The third-order valence-corrected chi connectivity index (χ3v) is 4.16. The molecular weight excluding hydrogens is 368 g/mol. The topological polar surface area (TPSA) is 94.0 Å². The van der Waals surface area contributed by atoms with Crippen LogP contribution >= 0.6 is 0 Å². The molecule has 0 atom stereocenters. The normalized spacial score (nSPS) is 10.4. The number of ether oxygens (including phenoxy) is 1. The van der Waals surface area contributed by atoms with Gasteiger partial charge in [-0.25, -0.2) is 14.6 Å². The van der Waals surface area contributed by atoms with E-state index in [0.717, 1.165) is 5.69 Å². The van der Waals surface area contributed by atoms with Gasteiger partial charge in [-0.15, -0.1) is 0 Å². The van der Waals surface area contributed by atoms with E-state index in [9.17, 15) is 4.79 Å². The van der Waals surface area contributed by atoms with E-state index >= 15 is 0 Å². The fraction of sp³-hybridized carbons (Fsp3) is 0.0476. The zero-order chi connectivity index (χ0) is 20.1. The maximum atomic E-state index is 12.5. The summed E-state index contributed by atoms with van der Waals surface area (Å²) in [6.07, 6.45) is 4.97. The highest BCUT2D eigenvalue weighted by atomic mass is 16.5. The Kier molecular flexibility index (Phi) is 5.15. The van der Waals surface area contributed by atoms with Gasteiger partial charge in [0.15, 0.2) is 5.82 Å². The summed E-state index contributed by atoms with van der Waals surface area (Å²) in [6, 6.07) is 18.0. The Morgan fingerprint density at radius 3 is 2.55 bits per heavy atom. The van der Waals surface area contributed by atoms with Crippen LogP contribution in [0.25, 0.3) is 5.82 Å². The first-order valence-electron chi connectivity index (χ1n) is 8.86. The minimum atomic E-state index is -0.233. The summed E-state index contributed by atoms with van der Waals surface area (Å²) in [7, 11) is 1.54. The molecule has 4 aromatic rings. The van der Waals surface area contributed by atoms with E-state index in [2.05, 4.69) is 25.7 Å². The zero-order valence-electron chi connectivity index (χ0n) is 15.6. The van der Waals surface area contributed by atoms with Crippen molar-refractivity contribution in [1.29, 1.82) is 0 Å². The molecule has 29 heavy (non-hydrogen) atoms. The smallest absolute Gasteiger partial charge is 0.259 e. The predicted octanol–water partition coefficient (Wildman–Crippen LogP) is 3.67. The summed E-state index contributed by atoms with van der Waals surface area (Å²) in [6.45, 7) is 0. The summed E-state index contributed by atoms with van der Waals surface area (Å²) < 4.78 is 6.89. The predicted molar refractivity (Wildman–Crippen MR) is 110 cm³/mol. The van der Waals surface area contributed by atoms with Crippen LogP contribution in [-0.4, -0.2) is 32.8 Å². The lowest BCUT2D eigenvalue weighted by molar-refractivity contribution is 0.102. The maximum Gasteiger partial charge on any atom is 0.259 e. The van der Waals surface area contributed by atoms with Crippen LogP contribution < -0.4 is 15.4 Å². The monoisotopic (exact) mass is 386 g/mol. The van der Waals surface area contributed by atoms with Crippen molar-refractivity contribution in [2.24, 2.45) is 0 Å². The first-order valence-corrected chi connectivity index (χ1v) is 8.86. The van der Waals surface area contributed by atoms with E-state index in [1.165, 1.54) is 13.4 Å². The van der Waals surface area contributed by atoms with Crippen LogP contribution in [0.3, 0.4) is 0 Å². The standard InChI is InChI=1S/C21H18N6O2/c1-29-18-6-3-2-5-17(18)21(28)26-16-9-7-15(8-10-16)25-19-13-20(23-14-22-19)27-12-4-11-24-27/h2-14H,1H3,(H,26,28)(H,22,23,25). The number of rotatable bonds is 6.